The van der Waals surface area contributed by atoms with Gasteiger partial charge in [-0.15, -0.1) is 0 Å². The van der Waals surface area contributed by atoms with E-state index in [1.165, 1.54) is 0 Å². The molecule has 146 valence electrons. The van der Waals surface area contributed by atoms with Crippen LogP contribution in [-0.2, 0) is 0 Å². The van der Waals surface area contributed by atoms with E-state index in [1.807, 2.05) is 97.1 Å². The lowest BCUT2D eigenvalue weighted by atomic mass is 10.1. The number of hydrogen-bond donors (Lipinski definition) is 1. The molecule has 0 atom stereocenters. The van der Waals surface area contributed by atoms with Crippen LogP contribution in [0.4, 0.5) is 16.2 Å². The Morgan fingerprint density at radius 3 is 1.57 bits per heavy atom. The monoisotopic (exact) mass is 393 g/mol. The first-order valence-corrected chi connectivity index (χ1v) is 9.43. The summed E-state index contributed by atoms with van der Waals surface area (Å²) in [4.78, 5) is 23.5. The quantitative estimate of drug-likeness (QED) is 0.392. The van der Waals surface area contributed by atoms with Crippen LogP contribution in [0.25, 0.3) is 0 Å². The Kier molecular flexibility index (Phi) is 5.86. The molecule has 4 aromatic rings. The zero-order valence-electron chi connectivity index (χ0n) is 16.1. The summed E-state index contributed by atoms with van der Waals surface area (Å²) < 4.78 is 0. The lowest BCUT2D eigenvalue weighted by Gasteiger charge is -2.22. The second-order valence-corrected chi connectivity index (χ2v) is 6.31. The second-order valence-electron chi connectivity index (χ2n) is 6.31. The molecule has 1 N–H and O–H groups in total. The van der Waals surface area contributed by atoms with Gasteiger partial charge in [-0.1, -0.05) is 48.5 Å². The standard InChI is InChI=1S/C24H19N5O/c30-24(29(19-11-3-1-4-12-19)20-13-5-2-6-14-20)28-27-23(21-15-7-9-17-25-21)22-16-8-10-18-26-22/h1-18H,(H,28,30). The Balaban J connectivity index is 1.69. The van der Waals surface area contributed by atoms with Crippen molar-refractivity contribution < 1.29 is 4.79 Å². The molecule has 0 aliphatic heterocycles. The summed E-state index contributed by atoms with van der Waals surface area (Å²) in [5.74, 6) is 0. The molecular formula is C24H19N5O. The summed E-state index contributed by atoms with van der Waals surface area (Å²) in [6.07, 6.45) is 3.35. The van der Waals surface area contributed by atoms with Crippen molar-refractivity contribution >= 4 is 23.1 Å². The number of amides is 2. The summed E-state index contributed by atoms with van der Waals surface area (Å²) >= 11 is 0. The minimum atomic E-state index is -0.392. The summed E-state index contributed by atoms with van der Waals surface area (Å²) in [6, 6.07) is 29.5. The van der Waals surface area contributed by atoms with Crippen LogP contribution in [-0.4, -0.2) is 21.7 Å². The lowest BCUT2D eigenvalue weighted by molar-refractivity contribution is 0.249. The molecule has 0 aliphatic carbocycles. The normalized spacial score (nSPS) is 10.1. The van der Waals surface area contributed by atoms with E-state index in [9.17, 15) is 4.79 Å². The van der Waals surface area contributed by atoms with Gasteiger partial charge in [0.2, 0.25) is 0 Å². The van der Waals surface area contributed by atoms with E-state index in [0.717, 1.165) is 11.4 Å². The molecule has 0 unspecified atom stereocenters. The number of hydrazone groups is 1. The van der Waals surface area contributed by atoms with Crippen LogP contribution in [0.5, 0.6) is 0 Å². The molecule has 2 heterocycles. The molecule has 30 heavy (non-hydrogen) atoms. The van der Waals surface area contributed by atoms with Gasteiger partial charge < -0.3 is 0 Å². The molecule has 2 amide bonds. The van der Waals surface area contributed by atoms with Gasteiger partial charge in [-0.25, -0.2) is 10.2 Å². The topological polar surface area (TPSA) is 70.5 Å². The molecule has 0 bridgehead atoms. The molecule has 0 saturated heterocycles. The molecule has 0 spiro atoms. The zero-order valence-corrected chi connectivity index (χ0v) is 16.1. The van der Waals surface area contributed by atoms with Crippen molar-refractivity contribution in [3.8, 4) is 0 Å². The molecule has 0 aliphatic rings. The number of pyridine rings is 2. The molecule has 0 fully saturated rings. The second kappa shape index (κ2) is 9.25. The third-order valence-corrected chi connectivity index (χ3v) is 4.31. The van der Waals surface area contributed by atoms with E-state index in [1.54, 1.807) is 17.3 Å². The van der Waals surface area contributed by atoms with E-state index >= 15 is 0 Å². The average molecular weight is 393 g/mol. The van der Waals surface area contributed by atoms with Crippen molar-refractivity contribution in [2.24, 2.45) is 5.10 Å². The van der Waals surface area contributed by atoms with Crippen LogP contribution in [0.3, 0.4) is 0 Å². The van der Waals surface area contributed by atoms with Gasteiger partial charge in [0.05, 0.1) is 22.8 Å². The van der Waals surface area contributed by atoms with Crippen molar-refractivity contribution in [3.05, 3.63) is 121 Å². The van der Waals surface area contributed by atoms with Crippen molar-refractivity contribution in [1.82, 2.24) is 15.4 Å². The predicted octanol–water partition coefficient (Wildman–Crippen LogP) is 4.78. The number of nitrogens with one attached hydrogen (secondary N) is 1. The van der Waals surface area contributed by atoms with E-state index < -0.39 is 6.03 Å². The largest absolute Gasteiger partial charge is 0.346 e. The molecule has 2 aromatic heterocycles. The van der Waals surface area contributed by atoms with Gasteiger partial charge in [-0.3, -0.25) is 14.9 Å². The maximum atomic E-state index is 13.2. The highest BCUT2D eigenvalue weighted by Crippen LogP contribution is 2.24. The molecule has 0 saturated carbocycles. The number of carbonyl (C=O) groups excluding carboxylic acids is 1. The van der Waals surface area contributed by atoms with E-state index in [-0.39, 0.29) is 0 Å². The van der Waals surface area contributed by atoms with Gasteiger partial charge in [0.15, 0.2) is 0 Å². The highest BCUT2D eigenvalue weighted by atomic mass is 16.2. The summed E-state index contributed by atoms with van der Waals surface area (Å²) in [5, 5.41) is 4.39. The first-order chi connectivity index (χ1) is 14.8. The Morgan fingerprint density at radius 2 is 1.13 bits per heavy atom. The first kappa shape index (κ1) is 19.0. The number of urea groups is 1. The van der Waals surface area contributed by atoms with Crippen LogP contribution in [0, 0.1) is 0 Å². The Hall–Kier alpha value is -4.32. The summed E-state index contributed by atoms with van der Waals surface area (Å²) in [6.45, 7) is 0. The van der Waals surface area contributed by atoms with Crippen LogP contribution in [0.2, 0.25) is 0 Å². The third kappa shape index (κ3) is 4.39. The number of rotatable bonds is 5. The number of para-hydroxylation sites is 2. The maximum Gasteiger partial charge on any atom is 0.346 e. The van der Waals surface area contributed by atoms with Crippen LogP contribution >= 0.6 is 0 Å². The van der Waals surface area contributed by atoms with Crippen LogP contribution in [0.15, 0.2) is 115 Å². The Labute approximate surface area is 174 Å². The van der Waals surface area contributed by atoms with Crippen molar-refractivity contribution in [2.75, 3.05) is 4.90 Å². The molecular weight excluding hydrogens is 374 g/mol. The number of anilines is 2. The number of nitrogens with zero attached hydrogens (tertiary/aromatic N) is 4. The summed E-state index contributed by atoms with van der Waals surface area (Å²) in [5.41, 5.74) is 5.84. The Bertz CT molecular complexity index is 1040. The third-order valence-electron chi connectivity index (χ3n) is 4.31. The predicted molar refractivity (Wildman–Crippen MR) is 118 cm³/mol. The zero-order chi connectivity index (χ0) is 20.6. The van der Waals surface area contributed by atoms with Gasteiger partial charge in [0, 0.05) is 12.4 Å². The minimum absolute atomic E-state index is 0.392. The van der Waals surface area contributed by atoms with Crippen molar-refractivity contribution in [1.29, 1.82) is 0 Å². The van der Waals surface area contributed by atoms with Crippen molar-refractivity contribution in [2.45, 2.75) is 0 Å². The lowest BCUT2D eigenvalue weighted by Crippen LogP contribution is -2.35. The fourth-order valence-corrected chi connectivity index (χ4v) is 2.94. The van der Waals surface area contributed by atoms with E-state index in [4.69, 9.17) is 0 Å². The fourth-order valence-electron chi connectivity index (χ4n) is 2.94. The van der Waals surface area contributed by atoms with Gasteiger partial charge >= 0.3 is 6.03 Å². The maximum absolute atomic E-state index is 13.2. The highest BCUT2D eigenvalue weighted by Gasteiger charge is 2.18. The number of hydrogen-bond acceptors (Lipinski definition) is 4. The molecule has 0 radical (unpaired) electrons. The highest BCUT2D eigenvalue weighted by molar-refractivity contribution is 6.11. The summed E-state index contributed by atoms with van der Waals surface area (Å²) in [7, 11) is 0. The van der Waals surface area contributed by atoms with Crippen molar-refractivity contribution in [3.63, 3.8) is 0 Å². The molecule has 6 heteroatoms. The van der Waals surface area contributed by atoms with Gasteiger partial charge in [0.1, 0.15) is 5.71 Å². The van der Waals surface area contributed by atoms with Gasteiger partial charge in [-0.05, 0) is 48.5 Å². The SMILES string of the molecule is O=C(NN=C(c1ccccn1)c1ccccn1)N(c1ccccc1)c1ccccc1. The number of aromatic nitrogens is 2. The van der Waals surface area contributed by atoms with Gasteiger partial charge in [0.25, 0.3) is 0 Å². The minimum Gasteiger partial charge on any atom is -0.262 e. The Morgan fingerprint density at radius 1 is 0.667 bits per heavy atom. The molecule has 6 nitrogen and oxygen atoms in total. The molecule has 4 rings (SSSR count). The average Bonchev–Trinajstić information content (AvgIpc) is 2.82. The number of carbonyl (C=O) groups is 1. The smallest absolute Gasteiger partial charge is 0.262 e. The molecule has 2 aromatic carbocycles. The van der Waals surface area contributed by atoms with E-state index in [2.05, 4.69) is 20.5 Å². The van der Waals surface area contributed by atoms with Crippen LogP contribution in [0.1, 0.15) is 11.4 Å². The van der Waals surface area contributed by atoms with Gasteiger partial charge in [-0.2, -0.15) is 5.10 Å². The van der Waals surface area contributed by atoms with Crippen LogP contribution < -0.4 is 10.3 Å². The van der Waals surface area contributed by atoms with E-state index in [0.29, 0.717) is 17.1 Å². The number of benzene rings is 2. The fraction of sp³-hybridized carbons (Fsp3) is 0. The first-order valence-electron chi connectivity index (χ1n) is 9.43.